The van der Waals surface area contributed by atoms with E-state index in [0.29, 0.717) is 12.0 Å². The minimum absolute atomic E-state index is 0.0368. The summed E-state index contributed by atoms with van der Waals surface area (Å²) in [7, 11) is 1.23. The molecule has 2 aromatic carbocycles. The lowest BCUT2D eigenvalue weighted by atomic mass is 10.1. The highest BCUT2D eigenvalue weighted by Gasteiger charge is 2.31. The fourth-order valence-electron chi connectivity index (χ4n) is 3.03. The Labute approximate surface area is 183 Å². The molecule has 172 valence electrons. The molecule has 0 bridgehead atoms. The lowest BCUT2D eigenvalue weighted by molar-refractivity contribution is -0.274. The Hall–Kier alpha value is -4.09. The third kappa shape index (κ3) is 5.05. The highest BCUT2D eigenvalue weighted by molar-refractivity contribution is 6.06. The van der Waals surface area contributed by atoms with Crippen molar-refractivity contribution < 1.29 is 41.0 Å². The number of carbonyl (C=O) groups is 1. The summed E-state index contributed by atoms with van der Waals surface area (Å²) in [6.07, 6.45) is -1.49. The van der Waals surface area contributed by atoms with E-state index in [4.69, 9.17) is 13.9 Å². The Morgan fingerprint density at radius 2 is 2.00 bits per heavy atom. The molecule has 0 spiro atoms. The van der Waals surface area contributed by atoms with Crippen molar-refractivity contribution in [2.24, 2.45) is 0 Å². The Balaban J connectivity index is 1.58. The van der Waals surface area contributed by atoms with Gasteiger partial charge in [-0.1, -0.05) is 0 Å². The van der Waals surface area contributed by atoms with Gasteiger partial charge in [0.1, 0.15) is 17.3 Å². The average molecular weight is 465 g/mol. The summed E-state index contributed by atoms with van der Waals surface area (Å²) < 4.78 is 71.7. The fourth-order valence-corrected chi connectivity index (χ4v) is 3.03. The highest BCUT2D eigenvalue weighted by Crippen LogP contribution is 2.32. The maximum atomic E-state index is 14.4. The van der Waals surface area contributed by atoms with Gasteiger partial charge in [0.25, 0.3) is 11.8 Å². The van der Waals surface area contributed by atoms with Gasteiger partial charge in [0.15, 0.2) is 6.10 Å². The highest BCUT2D eigenvalue weighted by atomic mass is 19.4. The van der Waals surface area contributed by atoms with Crippen molar-refractivity contribution in [1.29, 1.82) is 0 Å². The molecular formula is C21H15F4N3O5. The van der Waals surface area contributed by atoms with Gasteiger partial charge < -0.3 is 23.9 Å². The fraction of sp³-hybridized carbons (Fsp3) is 0.190. The number of nitrogens with zero attached hydrogens (tertiary/aromatic N) is 2. The first-order valence-electron chi connectivity index (χ1n) is 9.42. The molecule has 1 atom stereocenters. The number of rotatable bonds is 6. The number of hydrogen-bond acceptors (Lipinski definition) is 7. The SMILES string of the molecule is COc1ccc(OC(F)(F)F)cc1C(=O)Nc1cc(-c2nnc(C3CC=CO3)o2)ccc1F. The first-order chi connectivity index (χ1) is 15.7. The second kappa shape index (κ2) is 8.81. The molecule has 33 heavy (non-hydrogen) atoms. The molecular weight excluding hydrogens is 450 g/mol. The molecule has 1 aliphatic rings. The summed E-state index contributed by atoms with van der Waals surface area (Å²) in [6.45, 7) is 0. The van der Waals surface area contributed by atoms with Gasteiger partial charge in [0.2, 0.25) is 5.89 Å². The van der Waals surface area contributed by atoms with Crippen LogP contribution in [0.5, 0.6) is 11.5 Å². The Morgan fingerprint density at radius 1 is 1.18 bits per heavy atom. The number of amides is 1. The van der Waals surface area contributed by atoms with Crippen molar-refractivity contribution in [2.45, 2.75) is 18.9 Å². The molecule has 1 amide bonds. The predicted octanol–water partition coefficient (Wildman–Crippen LogP) is 5.01. The summed E-state index contributed by atoms with van der Waals surface area (Å²) in [4.78, 5) is 12.7. The average Bonchev–Trinajstić information content (AvgIpc) is 3.46. The predicted molar refractivity (Wildman–Crippen MR) is 105 cm³/mol. The maximum absolute atomic E-state index is 14.4. The molecule has 0 radical (unpaired) electrons. The number of hydrogen-bond donors (Lipinski definition) is 1. The topological polar surface area (TPSA) is 95.7 Å². The van der Waals surface area contributed by atoms with Crippen LogP contribution >= 0.6 is 0 Å². The van der Waals surface area contributed by atoms with Crippen molar-refractivity contribution in [3.63, 3.8) is 0 Å². The molecule has 4 rings (SSSR count). The van der Waals surface area contributed by atoms with Crippen molar-refractivity contribution in [1.82, 2.24) is 10.2 Å². The number of benzene rings is 2. The number of aromatic nitrogens is 2. The molecule has 1 N–H and O–H groups in total. The third-order valence-electron chi connectivity index (χ3n) is 4.52. The molecule has 8 nitrogen and oxygen atoms in total. The lowest BCUT2D eigenvalue weighted by Crippen LogP contribution is -2.18. The Kier molecular flexibility index (Phi) is 5.90. The lowest BCUT2D eigenvalue weighted by Gasteiger charge is -2.13. The van der Waals surface area contributed by atoms with Crippen LogP contribution in [-0.4, -0.2) is 29.6 Å². The quantitative estimate of drug-likeness (QED) is 0.512. The summed E-state index contributed by atoms with van der Waals surface area (Å²) in [6, 6.07) is 6.64. The van der Waals surface area contributed by atoms with E-state index in [1.54, 1.807) is 6.08 Å². The van der Waals surface area contributed by atoms with Crippen LogP contribution in [0.15, 0.2) is 53.2 Å². The van der Waals surface area contributed by atoms with Crippen LogP contribution in [0.2, 0.25) is 0 Å². The van der Waals surface area contributed by atoms with Crippen molar-refractivity contribution in [3.8, 4) is 23.0 Å². The second-order valence-electron chi connectivity index (χ2n) is 6.74. The Morgan fingerprint density at radius 3 is 2.70 bits per heavy atom. The van der Waals surface area contributed by atoms with Gasteiger partial charge in [-0.15, -0.1) is 23.4 Å². The van der Waals surface area contributed by atoms with Crippen molar-refractivity contribution in [3.05, 3.63) is 66.0 Å². The second-order valence-corrected chi connectivity index (χ2v) is 6.74. The van der Waals surface area contributed by atoms with Crippen LogP contribution in [0.1, 0.15) is 28.8 Å². The van der Waals surface area contributed by atoms with E-state index in [-0.39, 0.29) is 28.8 Å². The van der Waals surface area contributed by atoms with Crippen LogP contribution in [0.25, 0.3) is 11.5 Å². The molecule has 3 aromatic rings. The molecule has 12 heteroatoms. The zero-order valence-electron chi connectivity index (χ0n) is 16.9. The third-order valence-corrected chi connectivity index (χ3v) is 4.52. The van der Waals surface area contributed by atoms with Gasteiger partial charge in [-0.2, -0.15) is 0 Å². The minimum Gasteiger partial charge on any atom is -0.496 e. The monoisotopic (exact) mass is 465 g/mol. The number of nitrogens with one attached hydrogen (secondary N) is 1. The van der Waals surface area contributed by atoms with Gasteiger partial charge in [0.05, 0.1) is 24.6 Å². The normalized spacial score (nSPS) is 15.2. The molecule has 0 fully saturated rings. The summed E-state index contributed by atoms with van der Waals surface area (Å²) in [5.41, 5.74) is -0.257. The molecule has 1 aliphatic heterocycles. The Bertz CT molecular complexity index is 1200. The minimum atomic E-state index is -4.95. The standard InChI is InChI=1S/C21H15F4N3O5/c1-30-16-7-5-12(33-21(23,24)25)10-13(16)18(29)26-15-9-11(4-6-14(15)22)19-27-28-20(32-19)17-3-2-8-31-17/h2,4-10,17H,3H2,1H3,(H,26,29). The largest absolute Gasteiger partial charge is 0.573 e. The molecule has 0 saturated carbocycles. The molecule has 1 aromatic heterocycles. The van der Waals surface area contributed by atoms with E-state index in [0.717, 1.165) is 24.3 Å². The van der Waals surface area contributed by atoms with Gasteiger partial charge in [-0.3, -0.25) is 4.79 Å². The van der Waals surface area contributed by atoms with Gasteiger partial charge in [-0.05, 0) is 42.5 Å². The van der Waals surface area contributed by atoms with Crippen LogP contribution in [-0.2, 0) is 4.74 Å². The van der Waals surface area contributed by atoms with Gasteiger partial charge in [-0.25, -0.2) is 4.39 Å². The van der Waals surface area contributed by atoms with E-state index in [1.807, 2.05) is 0 Å². The van der Waals surface area contributed by atoms with Crippen LogP contribution in [0, 0.1) is 5.82 Å². The van der Waals surface area contributed by atoms with Crippen molar-refractivity contribution >= 4 is 11.6 Å². The zero-order valence-corrected chi connectivity index (χ0v) is 16.9. The first kappa shape index (κ1) is 22.1. The van der Waals surface area contributed by atoms with E-state index in [2.05, 4.69) is 20.3 Å². The summed E-state index contributed by atoms with van der Waals surface area (Å²) in [5.74, 6) is -2.09. The number of carbonyl (C=O) groups excluding carboxylic acids is 1. The van der Waals surface area contributed by atoms with Crippen LogP contribution < -0.4 is 14.8 Å². The first-order valence-corrected chi connectivity index (χ1v) is 9.42. The van der Waals surface area contributed by atoms with Crippen molar-refractivity contribution in [2.75, 3.05) is 12.4 Å². The molecule has 1 unspecified atom stereocenters. The summed E-state index contributed by atoms with van der Waals surface area (Å²) in [5, 5.41) is 10.1. The number of ether oxygens (including phenoxy) is 3. The van der Waals surface area contributed by atoms with Crippen LogP contribution in [0.4, 0.5) is 23.2 Å². The number of alkyl halides is 3. The van der Waals surface area contributed by atoms with E-state index < -0.39 is 29.9 Å². The number of methoxy groups -OCH3 is 1. The number of anilines is 1. The molecule has 0 saturated heterocycles. The van der Waals surface area contributed by atoms with Gasteiger partial charge in [0, 0.05) is 12.0 Å². The summed E-state index contributed by atoms with van der Waals surface area (Å²) >= 11 is 0. The van der Waals surface area contributed by atoms with Gasteiger partial charge >= 0.3 is 6.36 Å². The van der Waals surface area contributed by atoms with E-state index in [1.165, 1.54) is 25.5 Å². The molecule has 2 heterocycles. The maximum Gasteiger partial charge on any atom is 0.573 e. The number of halogens is 4. The smallest absolute Gasteiger partial charge is 0.496 e. The van der Waals surface area contributed by atoms with Crippen LogP contribution in [0.3, 0.4) is 0 Å². The zero-order chi connectivity index (χ0) is 23.6. The van der Waals surface area contributed by atoms with E-state index in [9.17, 15) is 22.4 Å². The molecule has 0 aliphatic carbocycles. The van der Waals surface area contributed by atoms with E-state index >= 15 is 0 Å².